The molecule has 1 aliphatic heterocycles. The van der Waals surface area contributed by atoms with Crippen LogP contribution in [0.1, 0.15) is 0 Å². The van der Waals surface area contributed by atoms with Crippen LogP contribution in [0.25, 0.3) is 0 Å². The second-order valence-corrected chi connectivity index (χ2v) is 2.30. The van der Waals surface area contributed by atoms with Gasteiger partial charge in [0.25, 0.3) is 0 Å². The largest absolute Gasteiger partial charge is 0.356 e. The molecule has 2 atom stereocenters. The number of hydrogen-bond acceptors (Lipinski definition) is 2. The Balaban J connectivity index is 2.28. The molecule has 0 saturated carbocycles. The van der Waals surface area contributed by atoms with Gasteiger partial charge in [-0.05, 0) is 0 Å². The number of rotatable bonds is 0. The van der Waals surface area contributed by atoms with Gasteiger partial charge < -0.3 is 9.47 Å². The van der Waals surface area contributed by atoms with E-state index >= 15 is 0 Å². The maximum atomic E-state index is 5.49. The van der Waals surface area contributed by atoms with E-state index in [4.69, 9.17) is 32.7 Å². The topological polar surface area (TPSA) is 18.5 Å². The molecule has 2 nitrogen and oxygen atoms in total. The van der Waals surface area contributed by atoms with Crippen molar-refractivity contribution in [3.05, 3.63) is 0 Å². The first-order chi connectivity index (χ1) is 3.80. The van der Waals surface area contributed by atoms with Gasteiger partial charge in [-0.15, -0.1) is 0 Å². The van der Waals surface area contributed by atoms with Crippen LogP contribution in [0.2, 0.25) is 0 Å². The molecule has 1 aliphatic rings. The first-order valence-electron chi connectivity index (χ1n) is 2.32. The average molecular weight is 157 g/mol. The highest BCUT2D eigenvalue weighted by molar-refractivity contribution is 6.28. The van der Waals surface area contributed by atoms with Gasteiger partial charge in [0.05, 0.1) is 13.2 Å². The Bertz CT molecular complexity index is 68.4. The lowest BCUT2D eigenvalue weighted by atomic mass is 10.6. The van der Waals surface area contributed by atoms with E-state index in [9.17, 15) is 0 Å². The van der Waals surface area contributed by atoms with E-state index in [0.29, 0.717) is 13.2 Å². The monoisotopic (exact) mass is 156 g/mol. The molecule has 1 saturated heterocycles. The predicted molar refractivity (Wildman–Crippen MR) is 31.2 cm³/mol. The van der Waals surface area contributed by atoms with Crippen LogP contribution in [-0.4, -0.2) is 24.3 Å². The Kier molecular flexibility index (Phi) is 2.38. The highest BCUT2D eigenvalue weighted by Crippen LogP contribution is 2.16. The number of ether oxygens (including phenoxy) is 2. The Morgan fingerprint density at radius 1 is 1.00 bits per heavy atom. The third-order valence-corrected chi connectivity index (χ3v) is 1.68. The Hall–Kier alpha value is 0.500. The van der Waals surface area contributed by atoms with Crippen LogP contribution in [0.15, 0.2) is 0 Å². The molecule has 8 heavy (non-hydrogen) atoms. The van der Waals surface area contributed by atoms with Gasteiger partial charge in [0.2, 0.25) is 0 Å². The van der Waals surface area contributed by atoms with Crippen molar-refractivity contribution in [1.82, 2.24) is 0 Å². The molecule has 2 unspecified atom stereocenters. The molecule has 0 aliphatic carbocycles. The SMILES string of the molecule is ClC1OCCOC1Cl. The van der Waals surface area contributed by atoms with E-state index in [-0.39, 0.29) is 0 Å². The molecular formula is C4H6Cl2O2. The average Bonchev–Trinajstić information content (AvgIpc) is 1.77. The van der Waals surface area contributed by atoms with Gasteiger partial charge in [-0.25, -0.2) is 0 Å². The lowest BCUT2D eigenvalue weighted by Gasteiger charge is -2.22. The molecule has 0 aromatic carbocycles. The first kappa shape index (κ1) is 6.62. The molecule has 0 N–H and O–H groups in total. The minimum absolute atomic E-state index is 0.481. The third kappa shape index (κ3) is 1.49. The van der Waals surface area contributed by atoms with Gasteiger partial charge >= 0.3 is 0 Å². The fourth-order valence-electron chi connectivity index (χ4n) is 0.473. The van der Waals surface area contributed by atoms with Crippen molar-refractivity contribution < 1.29 is 9.47 Å². The maximum Gasteiger partial charge on any atom is 0.171 e. The number of hydrogen-bond donors (Lipinski definition) is 0. The summed E-state index contributed by atoms with van der Waals surface area (Å²) in [5.74, 6) is 0. The maximum absolute atomic E-state index is 5.49. The fraction of sp³-hybridized carbons (Fsp3) is 1.00. The minimum Gasteiger partial charge on any atom is -0.356 e. The van der Waals surface area contributed by atoms with Gasteiger partial charge in [0, 0.05) is 0 Å². The van der Waals surface area contributed by atoms with Crippen LogP contribution < -0.4 is 0 Å². The Morgan fingerprint density at radius 3 is 1.62 bits per heavy atom. The second-order valence-electron chi connectivity index (χ2n) is 1.44. The third-order valence-electron chi connectivity index (χ3n) is 0.844. The van der Waals surface area contributed by atoms with Gasteiger partial charge in [0.1, 0.15) is 0 Å². The summed E-state index contributed by atoms with van der Waals surface area (Å²) >= 11 is 11.0. The van der Waals surface area contributed by atoms with Gasteiger partial charge in [-0.3, -0.25) is 0 Å². The normalized spacial score (nSPS) is 39.8. The quantitative estimate of drug-likeness (QED) is 0.491. The summed E-state index contributed by atoms with van der Waals surface area (Å²) in [5, 5.41) is 0. The van der Waals surface area contributed by atoms with Crippen LogP contribution in [-0.2, 0) is 9.47 Å². The summed E-state index contributed by atoms with van der Waals surface area (Å²) < 4.78 is 9.80. The van der Waals surface area contributed by atoms with Crippen molar-refractivity contribution in [3.63, 3.8) is 0 Å². The van der Waals surface area contributed by atoms with Crippen molar-refractivity contribution >= 4 is 23.2 Å². The summed E-state index contributed by atoms with van der Waals surface area (Å²) in [7, 11) is 0. The molecule has 0 aromatic rings. The van der Waals surface area contributed by atoms with Crippen LogP contribution in [0.5, 0.6) is 0 Å². The molecule has 0 amide bonds. The van der Waals surface area contributed by atoms with E-state index in [1.165, 1.54) is 0 Å². The number of alkyl halides is 2. The summed E-state index contributed by atoms with van der Waals surface area (Å²) in [4.78, 5) is 0. The van der Waals surface area contributed by atoms with E-state index in [1.54, 1.807) is 0 Å². The fourth-order valence-corrected chi connectivity index (χ4v) is 0.796. The molecule has 0 aromatic heterocycles. The summed E-state index contributed by atoms with van der Waals surface area (Å²) in [5.41, 5.74) is -0.962. The lowest BCUT2D eigenvalue weighted by molar-refractivity contribution is -0.0728. The van der Waals surface area contributed by atoms with Crippen molar-refractivity contribution in [2.24, 2.45) is 0 Å². The molecule has 1 rings (SSSR count). The molecule has 0 spiro atoms. The summed E-state index contributed by atoms with van der Waals surface area (Å²) in [6.45, 7) is 1.08. The van der Waals surface area contributed by atoms with Gasteiger partial charge in [-0.1, -0.05) is 23.2 Å². The van der Waals surface area contributed by atoms with E-state index in [2.05, 4.69) is 0 Å². The van der Waals surface area contributed by atoms with Gasteiger partial charge in [0.15, 0.2) is 11.1 Å². The van der Waals surface area contributed by atoms with Crippen molar-refractivity contribution in [1.29, 1.82) is 0 Å². The first-order valence-corrected chi connectivity index (χ1v) is 3.19. The van der Waals surface area contributed by atoms with Crippen LogP contribution in [0.3, 0.4) is 0 Å². The zero-order valence-corrected chi connectivity index (χ0v) is 5.65. The Labute approximate surface area is 57.7 Å². The summed E-state index contributed by atoms with van der Waals surface area (Å²) in [6, 6.07) is 0. The van der Waals surface area contributed by atoms with Gasteiger partial charge in [-0.2, -0.15) is 0 Å². The molecule has 48 valence electrons. The molecule has 0 bridgehead atoms. The highest BCUT2D eigenvalue weighted by Gasteiger charge is 2.21. The van der Waals surface area contributed by atoms with Crippen LogP contribution in [0.4, 0.5) is 0 Å². The predicted octanol–water partition coefficient (Wildman–Crippen LogP) is 1.16. The van der Waals surface area contributed by atoms with Crippen molar-refractivity contribution in [2.45, 2.75) is 11.1 Å². The van der Waals surface area contributed by atoms with Crippen molar-refractivity contribution in [3.8, 4) is 0 Å². The highest BCUT2D eigenvalue weighted by atomic mass is 35.5. The minimum atomic E-state index is -0.481. The van der Waals surface area contributed by atoms with Crippen LogP contribution >= 0.6 is 23.2 Å². The zero-order chi connectivity index (χ0) is 5.98. The van der Waals surface area contributed by atoms with E-state index < -0.39 is 11.1 Å². The van der Waals surface area contributed by atoms with Crippen LogP contribution in [0, 0.1) is 0 Å². The second kappa shape index (κ2) is 2.87. The Morgan fingerprint density at radius 2 is 1.38 bits per heavy atom. The van der Waals surface area contributed by atoms with E-state index in [1.807, 2.05) is 0 Å². The zero-order valence-electron chi connectivity index (χ0n) is 4.14. The number of halogens is 2. The van der Waals surface area contributed by atoms with E-state index in [0.717, 1.165) is 0 Å². The lowest BCUT2D eigenvalue weighted by Crippen LogP contribution is -2.30. The summed E-state index contributed by atoms with van der Waals surface area (Å²) in [6.07, 6.45) is 0. The molecule has 4 heteroatoms. The van der Waals surface area contributed by atoms with Crippen molar-refractivity contribution in [2.75, 3.05) is 13.2 Å². The molecule has 1 fully saturated rings. The smallest absolute Gasteiger partial charge is 0.171 e. The molecule has 1 heterocycles. The molecule has 0 radical (unpaired) electrons. The standard InChI is InChI=1S/C4H6Cl2O2/c5-3-4(6)8-2-1-7-3/h3-4H,1-2H2. The molecular weight excluding hydrogens is 151 g/mol.